The van der Waals surface area contributed by atoms with Crippen LogP contribution in [0.5, 0.6) is 5.75 Å². The highest BCUT2D eigenvalue weighted by Gasteiger charge is 2.20. The lowest BCUT2D eigenvalue weighted by molar-refractivity contribution is 0.352. The van der Waals surface area contributed by atoms with Crippen molar-refractivity contribution in [2.24, 2.45) is 5.41 Å². The van der Waals surface area contributed by atoms with Gasteiger partial charge < -0.3 is 5.11 Å². The first kappa shape index (κ1) is 12.7. The zero-order valence-corrected chi connectivity index (χ0v) is 11.1. The Hall–Kier alpha value is -1.76. The van der Waals surface area contributed by atoms with Crippen LogP contribution in [-0.2, 0) is 12.8 Å². The van der Waals surface area contributed by atoms with E-state index in [9.17, 15) is 5.11 Å². The number of phenols is 1. The molecule has 1 heteroatoms. The molecule has 0 aliphatic rings. The molecule has 1 nitrogen and oxygen atoms in total. The van der Waals surface area contributed by atoms with Crippen molar-refractivity contribution in [2.45, 2.75) is 26.7 Å². The van der Waals surface area contributed by atoms with Crippen molar-refractivity contribution in [3.05, 3.63) is 65.7 Å². The van der Waals surface area contributed by atoms with E-state index >= 15 is 0 Å². The summed E-state index contributed by atoms with van der Waals surface area (Å²) in [6.07, 6.45) is 1.90. The van der Waals surface area contributed by atoms with Gasteiger partial charge in [0.1, 0.15) is 5.75 Å². The molecule has 0 bridgehead atoms. The highest BCUT2D eigenvalue weighted by atomic mass is 16.3. The Morgan fingerprint density at radius 1 is 0.833 bits per heavy atom. The van der Waals surface area contributed by atoms with Gasteiger partial charge in [0.15, 0.2) is 0 Å². The summed E-state index contributed by atoms with van der Waals surface area (Å²) < 4.78 is 0. The fourth-order valence-corrected chi connectivity index (χ4v) is 2.39. The van der Waals surface area contributed by atoms with Gasteiger partial charge in [0.25, 0.3) is 0 Å². The average Bonchev–Trinajstić information content (AvgIpc) is 2.32. The monoisotopic (exact) mass is 240 g/mol. The molecule has 0 aromatic heterocycles. The van der Waals surface area contributed by atoms with Gasteiger partial charge in [0.05, 0.1) is 0 Å². The first-order chi connectivity index (χ1) is 8.57. The molecule has 2 aromatic rings. The SMILES string of the molecule is CC(C)(Cc1ccccc1)Cc1ccccc1O. The number of hydrogen-bond acceptors (Lipinski definition) is 1. The lowest BCUT2D eigenvalue weighted by atomic mass is 9.80. The Morgan fingerprint density at radius 3 is 2.11 bits per heavy atom. The minimum atomic E-state index is 0.139. The van der Waals surface area contributed by atoms with Crippen LogP contribution < -0.4 is 0 Å². The van der Waals surface area contributed by atoms with Crippen LogP contribution in [0, 0.1) is 5.41 Å². The van der Waals surface area contributed by atoms with Gasteiger partial charge in [-0.2, -0.15) is 0 Å². The van der Waals surface area contributed by atoms with Gasteiger partial charge in [-0.25, -0.2) is 0 Å². The van der Waals surface area contributed by atoms with E-state index in [0.29, 0.717) is 5.75 Å². The van der Waals surface area contributed by atoms with Gasteiger partial charge in [-0.15, -0.1) is 0 Å². The summed E-state index contributed by atoms with van der Waals surface area (Å²) >= 11 is 0. The molecule has 1 N–H and O–H groups in total. The standard InChI is InChI=1S/C17H20O/c1-17(2,12-14-8-4-3-5-9-14)13-15-10-6-7-11-16(15)18/h3-11,18H,12-13H2,1-2H3. The second-order valence-electron chi connectivity index (χ2n) is 5.63. The van der Waals surface area contributed by atoms with E-state index in [1.165, 1.54) is 5.56 Å². The first-order valence-corrected chi connectivity index (χ1v) is 6.38. The lowest BCUT2D eigenvalue weighted by Gasteiger charge is -2.25. The van der Waals surface area contributed by atoms with Gasteiger partial charge in [0, 0.05) is 0 Å². The van der Waals surface area contributed by atoms with Gasteiger partial charge in [-0.05, 0) is 35.4 Å². The molecule has 18 heavy (non-hydrogen) atoms. The zero-order chi connectivity index (χ0) is 13.0. The van der Waals surface area contributed by atoms with Crippen LogP contribution in [0.25, 0.3) is 0 Å². The Kier molecular flexibility index (Phi) is 3.71. The van der Waals surface area contributed by atoms with Crippen LogP contribution in [-0.4, -0.2) is 5.11 Å². The molecule has 0 amide bonds. The molecule has 0 atom stereocenters. The number of phenolic OH excluding ortho intramolecular Hbond substituents is 1. The molecule has 2 rings (SSSR count). The van der Waals surface area contributed by atoms with Crippen LogP contribution in [0.1, 0.15) is 25.0 Å². The highest BCUT2D eigenvalue weighted by Crippen LogP contribution is 2.30. The van der Waals surface area contributed by atoms with Crippen LogP contribution in [0.15, 0.2) is 54.6 Å². The Balaban J connectivity index is 2.10. The summed E-state index contributed by atoms with van der Waals surface area (Å²) in [5, 5.41) is 9.84. The molecular weight excluding hydrogens is 220 g/mol. The molecule has 0 saturated heterocycles. The normalized spacial score (nSPS) is 11.4. The molecule has 0 aliphatic heterocycles. The van der Waals surface area contributed by atoms with E-state index in [4.69, 9.17) is 0 Å². The van der Waals surface area contributed by atoms with Crippen LogP contribution >= 0.6 is 0 Å². The van der Waals surface area contributed by atoms with E-state index in [-0.39, 0.29) is 5.41 Å². The van der Waals surface area contributed by atoms with E-state index in [2.05, 4.69) is 38.1 Å². The molecule has 0 fully saturated rings. The average molecular weight is 240 g/mol. The summed E-state index contributed by atoms with van der Waals surface area (Å²) in [6.45, 7) is 4.48. The van der Waals surface area contributed by atoms with Crippen molar-refractivity contribution >= 4 is 0 Å². The van der Waals surface area contributed by atoms with Gasteiger partial charge in [-0.3, -0.25) is 0 Å². The molecule has 0 unspecified atom stereocenters. The zero-order valence-electron chi connectivity index (χ0n) is 11.1. The number of para-hydroxylation sites is 1. The van der Waals surface area contributed by atoms with E-state index in [1.807, 2.05) is 24.3 Å². The predicted molar refractivity (Wildman–Crippen MR) is 75.7 cm³/mol. The Morgan fingerprint density at radius 2 is 1.44 bits per heavy atom. The third kappa shape index (κ3) is 3.36. The number of hydrogen-bond donors (Lipinski definition) is 1. The number of rotatable bonds is 4. The van der Waals surface area contributed by atoms with Gasteiger partial charge in [0.2, 0.25) is 0 Å². The van der Waals surface area contributed by atoms with E-state index < -0.39 is 0 Å². The van der Waals surface area contributed by atoms with Crippen LogP contribution in [0.4, 0.5) is 0 Å². The van der Waals surface area contributed by atoms with Crippen molar-refractivity contribution in [2.75, 3.05) is 0 Å². The summed E-state index contributed by atoms with van der Waals surface area (Å²) in [7, 11) is 0. The van der Waals surface area contributed by atoms with Crippen molar-refractivity contribution in [1.82, 2.24) is 0 Å². The third-order valence-corrected chi connectivity index (χ3v) is 3.19. The largest absolute Gasteiger partial charge is 0.508 e. The summed E-state index contributed by atoms with van der Waals surface area (Å²) in [5.41, 5.74) is 2.51. The topological polar surface area (TPSA) is 20.2 Å². The maximum Gasteiger partial charge on any atom is 0.118 e. The molecule has 0 saturated carbocycles. The minimum absolute atomic E-state index is 0.139. The lowest BCUT2D eigenvalue weighted by Crippen LogP contribution is -2.18. The summed E-state index contributed by atoms with van der Waals surface area (Å²) in [6, 6.07) is 18.1. The first-order valence-electron chi connectivity index (χ1n) is 6.38. The van der Waals surface area contributed by atoms with Crippen molar-refractivity contribution in [3.8, 4) is 5.75 Å². The molecule has 2 aromatic carbocycles. The second-order valence-corrected chi connectivity index (χ2v) is 5.63. The Labute approximate surface area is 109 Å². The minimum Gasteiger partial charge on any atom is -0.508 e. The van der Waals surface area contributed by atoms with Crippen LogP contribution in [0.3, 0.4) is 0 Å². The number of benzene rings is 2. The molecule has 0 aliphatic carbocycles. The summed E-state index contributed by atoms with van der Waals surface area (Å²) in [4.78, 5) is 0. The molecule has 94 valence electrons. The van der Waals surface area contributed by atoms with Crippen LogP contribution in [0.2, 0.25) is 0 Å². The third-order valence-electron chi connectivity index (χ3n) is 3.19. The van der Waals surface area contributed by atoms with E-state index in [1.54, 1.807) is 6.07 Å². The van der Waals surface area contributed by atoms with Gasteiger partial charge in [-0.1, -0.05) is 62.4 Å². The van der Waals surface area contributed by atoms with E-state index in [0.717, 1.165) is 18.4 Å². The highest BCUT2D eigenvalue weighted by molar-refractivity contribution is 5.32. The predicted octanol–water partition coefficient (Wildman–Crippen LogP) is 4.20. The van der Waals surface area contributed by atoms with Crippen molar-refractivity contribution < 1.29 is 5.11 Å². The summed E-state index contributed by atoms with van der Waals surface area (Å²) in [5.74, 6) is 0.402. The maximum atomic E-state index is 9.84. The van der Waals surface area contributed by atoms with Crippen molar-refractivity contribution in [1.29, 1.82) is 0 Å². The second kappa shape index (κ2) is 5.26. The van der Waals surface area contributed by atoms with Crippen molar-refractivity contribution in [3.63, 3.8) is 0 Å². The molecular formula is C17H20O. The fraction of sp³-hybridized carbons (Fsp3) is 0.294. The number of aromatic hydroxyl groups is 1. The quantitative estimate of drug-likeness (QED) is 0.849. The van der Waals surface area contributed by atoms with Gasteiger partial charge >= 0.3 is 0 Å². The fourth-order valence-electron chi connectivity index (χ4n) is 2.39. The smallest absolute Gasteiger partial charge is 0.118 e. The molecule has 0 heterocycles. The molecule has 0 radical (unpaired) electrons. The maximum absolute atomic E-state index is 9.84. The Bertz CT molecular complexity index is 500. The molecule has 0 spiro atoms.